The molecule has 0 N–H and O–H groups in total. The van der Waals surface area contributed by atoms with Gasteiger partial charge in [0.15, 0.2) is 0 Å². The third kappa shape index (κ3) is 2.56. The first kappa shape index (κ1) is 11.0. The van der Waals surface area contributed by atoms with Gasteiger partial charge in [-0.1, -0.05) is 13.8 Å². The summed E-state index contributed by atoms with van der Waals surface area (Å²) in [6, 6.07) is 0. The van der Waals surface area contributed by atoms with Gasteiger partial charge < -0.3 is 14.0 Å². The fraction of sp³-hybridized carbons (Fsp3) is 0.583. The average Bonchev–Trinajstić information content (AvgIpc) is 2.75. The first-order valence-electron chi connectivity index (χ1n) is 5.46. The van der Waals surface area contributed by atoms with Crippen LogP contribution in [0.3, 0.4) is 0 Å². The molecule has 0 radical (unpaired) electrons. The van der Waals surface area contributed by atoms with Crippen molar-refractivity contribution in [1.82, 2.24) is 9.55 Å². The molecular weight excluding hydrogens is 204 g/mol. The Morgan fingerprint density at radius 3 is 2.56 bits per heavy atom. The highest BCUT2D eigenvalue weighted by atomic mass is 16.7. The van der Waals surface area contributed by atoms with Crippen molar-refractivity contribution in [3.63, 3.8) is 0 Å². The van der Waals surface area contributed by atoms with E-state index in [2.05, 4.69) is 23.4 Å². The number of nitrogens with zero attached hydrogens (tertiary/aromatic N) is 2. The number of ether oxygens (including phenoxy) is 2. The van der Waals surface area contributed by atoms with Crippen molar-refractivity contribution < 1.29 is 9.47 Å². The molecule has 1 aromatic rings. The third-order valence-corrected chi connectivity index (χ3v) is 2.66. The minimum Gasteiger partial charge on any atom is -0.457 e. The van der Waals surface area contributed by atoms with Crippen LogP contribution < -0.4 is 0 Å². The van der Waals surface area contributed by atoms with Gasteiger partial charge in [-0.25, -0.2) is 4.98 Å². The average molecular weight is 222 g/mol. The molecule has 0 fully saturated rings. The zero-order valence-electron chi connectivity index (χ0n) is 10.0. The normalized spacial score (nSPS) is 18.2. The number of imidazole rings is 1. The lowest BCUT2D eigenvalue weighted by Gasteiger charge is -2.33. The number of aromatic nitrogens is 2. The lowest BCUT2D eigenvalue weighted by atomic mass is 9.85. The number of hydrogen-bond acceptors (Lipinski definition) is 3. The molecule has 16 heavy (non-hydrogen) atoms. The van der Waals surface area contributed by atoms with E-state index in [0.717, 1.165) is 13.0 Å². The summed E-state index contributed by atoms with van der Waals surface area (Å²) in [6.07, 6.45) is 9.63. The molecule has 0 bridgehead atoms. The lowest BCUT2D eigenvalue weighted by Crippen LogP contribution is -2.34. The first-order chi connectivity index (χ1) is 7.49. The van der Waals surface area contributed by atoms with Crippen molar-refractivity contribution in [2.75, 3.05) is 0 Å². The molecular formula is C12H18N2O2. The van der Waals surface area contributed by atoms with Crippen LogP contribution in [0.15, 0.2) is 31.2 Å². The second-order valence-corrected chi connectivity index (χ2v) is 5.22. The zero-order valence-corrected chi connectivity index (χ0v) is 10.0. The molecule has 4 heteroatoms. The van der Waals surface area contributed by atoms with E-state index in [9.17, 15) is 0 Å². The van der Waals surface area contributed by atoms with Gasteiger partial charge in [0.25, 0.3) is 0 Å². The minimum atomic E-state index is -0.524. The Morgan fingerprint density at radius 1 is 1.31 bits per heavy atom. The Kier molecular flexibility index (Phi) is 2.66. The summed E-state index contributed by atoms with van der Waals surface area (Å²) in [6.45, 7) is 7.25. The van der Waals surface area contributed by atoms with E-state index in [0.29, 0.717) is 0 Å². The molecule has 0 amide bonds. The summed E-state index contributed by atoms with van der Waals surface area (Å²) in [4.78, 5) is 4.04. The topological polar surface area (TPSA) is 36.3 Å². The van der Waals surface area contributed by atoms with Crippen LogP contribution in [0.2, 0.25) is 0 Å². The Bertz CT molecular complexity index is 360. The maximum absolute atomic E-state index is 5.47. The van der Waals surface area contributed by atoms with Crippen LogP contribution in [-0.4, -0.2) is 15.3 Å². The van der Waals surface area contributed by atoms with Crippen LogP contribution in [-0.2, 0) is 16.0 Å². The van der Waals surface area contributed by atoms with Crippen molar-refractivity contribution in [3.05, 3.63) is 31.2 Å². The van der Waals surface area contributed by atoms with Crippen LogP contribution in [0, 0.1) is 5.41 Å². The van der Waals surface area contributed by atoms with Crippen LogP contribution in [0.25, 0.3) is 0 Å². The highest BCUT2D eigenvalue weighted by Gasteiger charge is 2.37. The monoisotopic (exact) mass is 222 g/mol. The SMILES string of the molecule is CC(C)(Cn1ccnc1)CC1(C)OC=CO1. The van der Waals surface area contributed by atoms with Gasteiger partial charge in [0.1, 0.15) is 12.5 Å². The lowest BCUT2D eigenvalue weighted by molar-refractivity contribution is -0.150. The van der Waals surface area contributed by atoms with E-state index >= 15 is 0 Å². The predicted octanol–water partition coefficient (Wildman–Crippen LogP) is 2.53. The molecule has 0 saturated heterocycles. The molecule has 2 rings (SSSR count). The second-order valence-electron chi connectivity index (χ2n) is 5.22. The summed E-state index contributed by atoms with van der Waals surface area (Å²) in [5.74, 6) is -0.524. The molecule has 1 aliphatic rings. The fourth-order valence-corrected chi connectivity index (χ4v) is 2.25. The molecule has 0 aromatic carbocycles. The second kappa shape index (κ2) is 3.85. The fourth-order valence-electron chi connectivity index (χ4n) is 2.25. The maximum Gasteiger partial charge on any atom is 0.247 e. The van der Waals surface area contributed by atoms with E-state index < -0.39 is 5.79 Å². The third-order valence-electron chi connectivity index (χ3n) is 2.66. The van der Waals surface area contributed by atoms with Gasteiger partial charge >= 0.3 is 0 Å². The van der Waals surface area contributed by atoms with E-state index in [4.69, 9.17) is 9.47 Å². The highest BCUT2D eigenvalue weighted by Crippen LogP contribution is 2.35. The van der Waals surface area contributed by atoms with E-state index in [-0.39, 0.29) is 5.41 Å². The maximum atomic E-state index is 5.47. The minimum absolute atomic E-state index is 0.0848. The molecule has 0 unspecified atom stereocenters. The quantitative estimate of drug-likeness (QED) is 0.785. The Morgan fingerprint density at radius 2 is 2.00 bits per heavy atom. The molecule has 88 valence electrons. The van der Waals surface area contributed by atoms with Gasteiger partial charge in [0.2, 0.25) is 5.79 Å². The van der Waals surface area contributed by atoms with Gasteiger partial charge in [0, 0.05) is 32.3 Å². The van der Waals surface area contributed by atoms with E-state index in [1.807, 2.05) is 19.4 Å². The van der Waals surface area contributed by atoms with E-state index in [1.165, 1.54) is 0 Å². The molecule has 0 atom stereocenters. The largest absolute Gasteiger partial charge is 0.457 e. The number of hydrogen-bond donors (Lipinski definition) is 0. The van der Waals surface area contributed by atoms with Crippen molar-refractivity contribution in [2.45, 2.75) is 39.5 Å². The van der Waals surface area contributed by atoms with Crippen LogP contribution in [0.4, 0.5) is 0 Å². The van der Waals surface area contributed by atoms with Crippen molar-refractivity contribution in [2.24, 2.45) is 5.41 Å². The Balaban J connectivity index is 1.97. The summed E-state index contributed by atoms with van der Waals surface area (Å²) in [5.41, 5.74) is 0.0848. The van der Waals surface area contributed by atoms with E-state index in [1.54, 1.807) is 18.7 Å². The molecule has 2 heterocycles. The first-order valence-corrected chi connectivity index (χ1v) is 5.46. The van der Waals surface area contributed by atoms with Gasteiger partial charge in [-0.2, -0.15) is 0 Å². The van der Waals surface area contributed by atoms with Gasteiger partial charge in [-0.15, -0.1) is 0 Å². The standard InChI is InChI=1S/C12H18N2O2/c1-11(2,9-14-5-4-13-10-14)8-12(3)15-6-7-16-12/h4-7,10H,8-9H2,1-3H3. The molecule has 1 aromatic heterocycles. The predicted molar refractivity (Wildman–Crippen MR) is 60.3 cm³/mol. The summed E-state index contributed by atoms with van der Waals surface area (Å²) in [7, 11) is 0. The van der Waals surface area contributed by atoms with Crippen molar-refractivity contribution >= 4 is 0 Å². The molecule has 0 saturated carbocycles. The summed E-state index contributed by atoms with van der Waals surface area (Å²) >= 11 is 0. The summed E-state index contributed by atoms with van der Waals surface area (Å²) < 4.78 is 13.0. The smallest absolute Gasteiger partial charge is 0.247 e. The molecule has 4 nitrogen and oxygen atoms in total. The van der Waals surface area contributed by atoms with Crippen LogP contribution in [0.5, 0.6) is 0 Å². The van der Waals surface area contributed by atoms with Gasteiger partial charge in [-0.3, -0.25) is 0 Å². The molecule has 0 spiro atoms. The Hall–Kier alpha value is -1.45. The van der Waals surface area contributed by atoms with Crippen molar-refractivity contribution in [3.8, 4) is 0 Å². The van der Waals surface area contributed by atoms with Crippen molar-refractivity contribution in [1.29, 1.82) is 0 Å². The molecule has 1 aliphatic heterocycles. The van der Waals surface area contributed by atoms with Gasteiger partial charge in [-0.05, 0) is 5.41 Å². The van der Waals surface area contributed by atoms with Gasteiger partial charge in [0.05, 0.1) is 6.33 Å². The number of rotatable bonds is 4. The van der Waals surface area contributed by atoms with Crippen LogP contribution in [0.1, 0.15) is 27.2 Å². The Labute approximate surface area is 95.9 Å². The highest BCUT2D eigenvalue weighted by molar-refractivity contribution is 4.87. The summed E-state index contributed by atoms with van der Waals surface area (Å²) in [5, 5.41) is 0. The van der Waals surface area contributed by atoms with Crippen LogP contribution >= 0.6 is 0 Å². The molecule has 0 aliphatic carbocycles. The zero-order chi connectivity index (χ0) is 11.6.